The Labute approximate surface area is 185 Å². The molecule has 7 nitrogen and oxygen atoms in total. The van der Waals surface area contributed by atoms with Gasteiger partial charge in [-0.15, -0.1) is 24.0 Å². The Kier molecular flexibility index (Phi) is 13.6. The second-order valence-electron chi connectivity index (χ2n) is 6.26. The highest BCUT2D eigenvalue weighted by atomic mass is 127. The molecule has 0 bridgehead atoms. The van der Waals surface area contributed by atoms with E-state index in [1.807, 2.05) is 17.8 Å². The highest BCUT2D eigenvalue weighted by Gasteiger charge is 2.18. The smallest absolute Gasteiger partial charge is 0.225 e. The molecule has 1 aromatic rings. The minimum absolute atomic E-state index is 0. The van der Waals surface area contributed by atoms with Gasteiger partial charge in [0.05, 0.1) is 0 Å². The van der Waals surface area contributed by atoms with Crippen molar-refractivity contribution in [2.24, 2.45) is 4.99 Å². The normalized spacial score (nSPS) is 15.3. The Morgan fingerprint density at radius 1 is 1.15 bits per heavy atom. The fraction of sp³-hybridized carbons (Fsp3) is 0.722. The zero-order chi connectivity index (χ0) is 18.5. The molecule has 1 saturated heterocycles. The van der Waals surface area contributed by atoms with Crippen molar-refractivity contribution in [3.63, 3.8) is 0 Å². The van der Waals surface area contributed by atoms with Crippen molar-refractivity contribution < 1.29 is 0 Å². The van der Waals surface area contributed by atoms with Gasteiger partial charge in [-0.1, -0.05) is 0 Å². The van der Waals surface area contributed by atoms with Gasteiger partial charge in [-0.05, 0) is 37.8 Å². The van der Waals surface area contributed by atoms with Crippen LogP contribution in [0.1, 0.15) is 19.8 Å². The summed E-state index contributed by atoms with van der Waals surface area (Å²) >= 11 is 1.90. The molecule has 9 heteroatoms. The summed E-state index contributed by atoms with van der Waals surface area (Å²) in [5, 5.41) is 6.79. The Morgan fingerprint density at radius 3 is 2.56 bits per heavy atom. The summed E-state index contributed by atoms with van der Waals surface area (Å²) in [6.45, 7) is 9.89. The fourth-order valence-electron chi connectivity index (χ4n) is 2.85. The molecular weight excluding hydrogens is 473 g/mol. The molecule has 0 amide bonds. The quantitative estimate of drug-likeness (QED) is 0.217. The summed E-state index contributed by atoms with van der Waals surface area (Å²) in [4.78, 5) is 18.1. The largest absolute Gasteiger partial charge is 0.357 e. The number of nitrogens with one attached hydrogen (secondary N) is 2. The first kappa shape index (κ1) is 24.2. The number of hydrogen-bond donors (Lipinski definition) is 2. The summed E-state index contributed by atoms with van der Waals surface area (Å²) in [5.74, 6) is 3.00. The molecule has 0 atom stereocenters. The van der Waals surface area contributed by atoms with Crippen molar-refractivity contribution in [1.29, 1.82) is 0 Å². The van der Waals surface area contributed by atoms with E-state index >= 15 is 0 Å². The van der Waals surface area contributed by atoms with Crippen LogP contribution in [0.25, 0.3) is 0 Å². The lowest BCUT2D eigenvalue weighted by molar-refractivity contribution is 0.260. The van der Waals surface area contributed by atoms with E-state index in [-0.39, 0.29) is 24.0 Å². The molecule has 0 aliphatic carbocycles. The second-order valence-corrected chi connectivity index (χ2v) is 7.25. The average molecular weight is 507 g/mol. The van der Waals surface area contributed by atoms with Crippen LogP contribution in [0.4, 0.5) is 5.95 Å². The van der Waals surface area contributed by atoms with Gasteiger partial charge in [0.15, 0.2) is 5.96 Å². The lowest BCUT2D eigenvalue weighted by Gasteiger charge is -2.34. The molecule has 0 unspecified atom stereocenters. The van der Waals surface area contributed by atoms with Crippen molar-refractivity contribution in [2.45, 2.75) is 19.8 Å². The van der Waals surface area contributed by atoms with Gasteiger partial charge in [-0.25, -0.2) is 9.97 Å². The summed E-state index contributed by atoms with van der Waals surface area (Å²) < 4.78 is 0. The third-order valence-electron chi connectivity index (χ3n) is 4.30. The number of hydrogen-bond acceptors (Lipinski definition) is 6. The number of unbranched alkanes of at least 4 members (excludes halogenated alkanes) is 1. The van der Waals surface area contributed by atoms with E-state index in [2.05, 4.69) is 48.6 Å². The van der Waals surface area contributed by atoms with E-state index in [1.165, 1.54) is 12.2 Å². The predicted molar refractivity (Wildman–Crippen MR) is 128 cm³/mol. The molecule has 1 aliphatic rings. The maximum Gasteiger partial charge on any atom is 0.225 e. The first-order valence-corrected chi connectivity index (χ1v) is 11.0. The van der Waals surface area contributed by atoms with E-state index in [4.69, 9.17) is 0 Å². The van der Waals surface area contributed by atoms with E-state index in [0.717, 1.165) is 70.7 Å². The van der Waals surface area contributed by atoms with Crippen molar-refractivity contribution in [1.82, 2.24) is 25.5 Å². The Bertz CT molecular complexity index is 510. The minimum Gasteiger partial charge on any atom is -0.357 e. The van der Waals surface area contributed by atoms with Gasteiger partial charge < -0.3 is 15.5 Å². The van der Waals surface area contributed by atoms with E-state index < -0.39 is 0 Å². The lowest BCUT2D eigenvalue weighted by atomic mass is 10.3. The third kappa shape index (κ3) is 9.79. The molecule has 1 aliphatic heterocycles. The Morgan fingerprint density at radius 2 is 1.89 bits per heavy atom. The van der Waals surface area contributed by atoms with Gasteiger partial charge in [0.2, 0.25) is 5.95 Å². The van der Waals surface area contributed by atoms with Gasteiger partial charge >= 0.3 is 0 Å². The second kappa shape index (κ2) is 15.2. The summed E-state index contributed by atoms with van der Waals surface area (Å²) in [6.07, 6.45) is 8.16. The van der Waals surface area contributed by atoms with Crippen LogP contribution in [-0.4, -0.2) is 85.2 Å². The summed E-state index contributed by atoms with van der Waals surface area (Å²) in [7, 11) is 0. The fourth-order valence-corrected chi connectivity index (χ4v) is 3.34. The van der Waals surface area contributed by atoms with E-state index in [9.17, 15) is 0 Å². The molecule has 1 fully saturated rings. The number of piperazine rings is 1. The number of aromatic nitrogens is 2. The van der Waals surface area contributed by atoms with Gasteiger partial charge in [-0.3, -0.25) is 9.89 Å². The summed E-state index contributed by atoms with van der Waals surface area (Å²) in [5.41, 5.74) is 0. The first-order chi connectivity index (χ1) is 12.8. The summed E-state index contributed by atoms with van der Waals surface area (Å²) in [6, 6.07) is 1.86. The van der Waals surface area contributed by atoms with Crippen molar-refractivity contribution >= 4 is 47.6 Å². The SMILES string of the molecule is CCNC(=NCCCCSC)NCCN1CCN(c2ncccn2)CC1.I. The molecule has 2 rings (SSSR count). The number of thioether (sulfide) groups is 1. The Balaban J connectivity index is 0.00000364. The van der Waals surface area contributed by atoms with Crippen molar-refractivity contribution in [3.05, 3.63) is 18.5 Å². The van der Waals surface area contributed by atoms with Crippen molar-refractivity contribution in [2.75, 3.05) is 69.3 Å². The van der Waals surface area contributed by atoms with Gasteiger partial charge in [-0.2, -0.15) is 11.8 Å². The molecule has 0 radical (unpaired) electrons. The topological polar surface area (TPSA) is 68.7 Å². The van der Waals surface area contributed by atoms with Crippen LogP contribution in [0.2, 0.25) is 0 Å². The first-order valence-electron chi connectivity index (χ1n) is 9.59. The van der Waals surface area contributed by atoms with Crippen LogP contribution in [0.3, 0.4) is 0 Å². The number of nitrogens with zero attached hydrogens (tertiary/aromatic N) is 5. The molecule has 27 heavy (non-hydrogen) atoms. The minimum atomic E-state index is 0. The van der Waals surface area contributed by atoms with Crippen LogP contribution in [0.5, 0.6) is 0 Å². The average Bonchev–Trinajstić information content (AvgIpc) is 2.69. The van der Waals surface area contributed by atoms with E-state index in [0.29, 0.717) is 0 Å². The van der Waals surface area contributed by atoms with Crippen LogP contribution < -0.4 is 15.5 Å². The maximum absolute atomic E-state index is 4.66. The van der Waals surface area contributed by atoms with Crippen LogP contribution >= 0.6 is 35.7 Å². The molecule has 0 saturated carbocycles. The maximum atomic E-state index is 4.66. The van der Waals surface area contributed by atoms with Crippen LogP contribution in [-0.2, 0) is 0 Å². The van der Waals surface area contributed by atoms with Gasteiger partial charge in [0.25, 0.3) is 0 Å². The number of rotatable bonds is 10. The molecule has 1 aromatic heterocycles. The highest BCUT2D eigenvalue weighted by Crippen LogP contribution is 2.09. The molecule has 2 heterocycles. The van der Waals surface area contributed by atoms with Gasteiger partial charge in [0.1, 0.15) is 0 Å². The van der Waals surface area contributed by atoms with Crippen LogP contribution in [0.15, 0.2) is 23.5 Å². The monoisotopic (exact) mass is 507 g/mol. The highest BCUT2D eigenvalue weighted by molar-refractivity contribution is 14.0. The third-order valence-corrected chi connectivity index (χ3v) is 5.00. The van der Waals surface area contributed by atoms with E-state index in [1.54, 1.807) is 12.4 Å². The molecule has 154 valence electrons. The van der Waals surface area contributed by atoms with Crippen molar-refractivity contribution in [3.8, 4) is 0 Å². The standard InChI is InChI=1S/C18H33N7S.HI/c1-3-19-17(20-7-4-5-16-26-2)21-10-11-24-12-14-25(15-13-24)18-22-8-6-9-23-18;/h6,8-9H,3-5,7,10-16H2,1-2H3,(H2,19,20,21);1H. The Hall–Kier alpha value is -0.810. The zero-order valence-corrected chi connectivity index (χ0v) is 19.7. The predicted octanol–water partition coefficient (Wildman–Crippen LogP) is 1.91. The molecule has 0 spiro atoms. The zero-order valence-electron chi connectivity index (χ0n) is 16.6. The molecular formula is C18H34IN7S. The van der Waals surface area contributed by atoms with Gasteiger partial charge in [0, 0.05) is 64.8 Å². The molecule has 0 aromatic carbocycles. The lowest BCUT2D eigenvalue weighted by Crippen LogP contribution is -2.49. The number of anilines is 1. The van der Waals surface area contributed by atoms with Crippen LogP contribution in [0, 0.1) is 0 Å². The number of halogens is 1. The molecule has 2 N–H and O–H groups in total. The number of guanidine groups is 1. The number of aliphatic imine (C=N–C) groups is 1.